The highest BCUT2D eigenvalue weighted by atomic mass is 19.4. The molecule has 0 aliphatic carbocycles. The topological polar surface area (TPSA) is 38.0 Å². The predicted octanol–water partition coefficient (Wildman–Crippen LogP) is 2.24. The van der Waals surface area contributed by atoms with E-state index in [2.05, 4.69) is 5.10 Å². The number of alkyl halides is 3. The molecule has 0 spiro atoms. The van der Waals surface area contributed by atoms with Gasteiger partial charge in [0.05, 0.1) is 17.8 Å². The number of aromatic nitrogens is 2. The molecule has 0 bridgehead atoms. The number of aryl methyl sites for hydroxylation is 1. The number of aliphatic hydroxyl groups is 1. The Bertz CT molecular complexity index is 363. The SMILES string of the molecule is CCc1cc(C(F)(F)F)n(CC(C)(C)O)n1. The first-order valence-electron chi connectivity index (χ1n) is 5.00. The van der Waals surface area contributed by atoms with Crippen LogP contribution in [0.3, 0.4) is 0 Å². The number of hydrogen-bond acceptors (Lipinski definition) is 2. The minimum absolute atomic E-state index is 0.179. The van der Waals surface area contributed by atoms with Gasteiger partial charge in [0.25, 0.3) is 0 Å². The molecule has 92 valence electrons. The molecule has 0 saturated carbocycles. The fourth-order valence-corrected chi connectivity index (χ4v) is 1.36. The minimum Gasteiger partial charge on any atom is -0.389 e. The van der Waals surface area contributed by atoms with Gasteiger partial charge in [0.1, 0.15) is 5.69 Å². The molecule has 6 heteroatoms. The molecule has 0 amide bonds. The summed E-state index contributed by atoms with van der Waals surface area (Å²) in [6, 6.07) is 1.02. The Labute approximate surface area is 91.9 Å². The second-order valence-corrected chi connectivity index (χ2v) is 4.34. The van der Waals surface area contributed by atoms with Crippen molar-refractivity contribution < 1.29 is 18.3 Å². The quantitative estimate of drug-likeness (QED) is 0.874. The molecule has 0 fully saturated rings. The van der Waals surface area contributed by atoms with E-state index in [1.807, 2.05) is 0 Å². The lowest BCUT2D eigenvalue weighted by Crippen LogP contribution is -2.29. The molecule has 0 radical (unpaired) electrons. The monoisotopic (exact) mass is 236 g/mol. The summed E-state index contributed by atoms with van der Waals surface area (Å²) in [4.78, 5) is 0. The first kappa shape index (κ1) is 13.0. The highest BCUT2D eigenvalue weighted by Gasteiger charge is 2.36. The van der Waals surface area contributed by atoms with Crippen molar-refractivity contribution in [2.75, 3.05) is 0 Å². The predicted molar refractivity (Wildman–Crippen MR) is 52.9 cm³/mol. The zero-order valence-corrected chi connectivity index (χ0v) is 9.47. The van der Waals surface area contributed by atoms with E-state index in [1.165, 1.54) is 13.8 Å². The Hall–Kier alpha value is -1.04. The smallest absolute Gasteiger partial charge is 0.389 e. The van der Waals surface area contributed by atoms with Crippen LogP contribution in [0.4, 0.5) is 13.2 Å². The molecule has 1 heterocycles. The number of hydrogen-bond donors (Lipinski definition) is 1. The highest BCUT2D eigenvalue weighted by molar-refractivity contribution is 5.13. The van der Waals surface area contributed by atoms with Crippen LogP contribution in [0.5, 0.6) is 0 Å². The van der Waals surface area contributed by atoms with E-state index in [9.17, 15) is 18.3 Å². The summed E-state index contributed by atoms with van der Waals surface area (Å²) >= 11 is 0. The summed E-state index contributed by atoms with van der Waals surface area (Å²) in [6.07, 6.45) is -4.01. The van der Waals surface area contributed by atoms with Crippen LogP contribution in [0.15, 0.2) is 6.07 Å². The van der Waals surface area contributed by atoms with Crippen LogP contribution in [0.25, 0.3) is 0 Å². The molecule has 16 heavy (non-hydrogen) atoms. The number of halogens is 3. The van der Waals surface area contributed by atoms with Gasteiger partial charge in [-0.25, -0.2) is 0 Å². The van der Waals surface area contributed by atoms with E-state index in [0.717, 1.165) is 10.7 Å². The van der Waals surface area contributed by atoms with E-state index >= 15 is 0 Å². The van der Waals surface area contributed by atoms with Crippen molar-refractivity contribution in [1.82, 2.24) is 9.78 Å². The van der Waals surface area contributed by atoms with E-state index in [0.29, 0.717) is 12.1 Å². The zero-order chi connectivity index (χ0) is 12.6. The molecule has 0 aromatic carbocycles. The molecule has 1 aromatic heterocycles. The van der Waals surface area contributed by atoms with E-state index in [-0.39, 0.29) is 6.54 Å². The fourth-order valence-electron chi connectivity index (χ4n) is 1.36. The van der Waals surface area contributed by atoms with Crippen molar-refractivity contribution >= 4 is 0 Å². The fraction of sp³-hybridized carbons (Fsp3) is 0.700. The number of nitrogens with zero attached hydrogens (tertiary/aromatic N) is 2. The molecule has 1 rings (SSSR count). The lowest BCUT2D eigenvalue weighted by molar-refractivity contribution is -0.145. The summed E-state index contributed by atoms with van der Waals surface area (Å²) < 4.78 is 38.7. The maximum absolute atomic E-state index is 12.6. The molecule has 3 nitrogen and oxygen atoms in total. The van der Waals surface area contributed by atoms with Gasteiger partial charge >= 0.3 is 6.18 Å². The van der Waals surface area contributed by atoms with Crippen LogP contribution < -0.4 is 0 Å². The Morgan fingerprint density at radius 1 is 1.38 bits per heavy atom. The third-order valence-electron chi connectivity index (χ3n) is 2.02. The van der Waals surface area contributed by atoms with E-state index in [4.69, 9.17) is 0 Å². The average molecular weight is 236 g/mol. The average Bonchev–Trinajstić information content (AvgIpc) is 2.43. The molecule has 0 unspecified atom stereocenters. The Balaban J connectivity index is 3.11. The van der Waals surface area contributed by atoms with Gasteiger partial charge in [-0.15, -0.1) is 0 Å². The first-order valence-corrected chi connectivity index (χ1v) is 5.00. The summed E-state index contributed by atoms with van der Waals surface area (Å²) in [5.41, 5.74) is -1.67. The van der Waals surface area contributed by atoms with Crippen LogP contribution >= 0.6 is 0 Å². The van der Waals surface area contributed by atoms with Gasteiger partial charge in [0.2, 0.25) is 0 Å². The Kier molecular flexibility index (Phi) is 3.33. The van der Waals surface area contributed by atoms with E-state index < -0.39 is 17.5 Å². The minimum atomic E-state index is -4.44. The third-order valence-corrected chi connectivity index (χ3v) is 2.02. The van der Waals surface area contributed by atoms with Crippen LogP contribution in [-0.2, 0) is 19.1 Å². The van der Waals surface area contributed by atoms with E-state index in [1.54, 1.807) is 6.92 Å². The maximum atomic E-state index is 12.6. The lowest BCUT2D eigenvalue weighted by Gasteiger charge is -2.19. The zero-order valence-electron chi connectivity index (χ0n) is 9.47. The second-order valence-electron chi connectivity index (χ2n) is 4.34. The van der Waals surface area contributed by atoms with Crippen LogP contribution in [-0.4, -0.2) is 20.5 Å². The van der Waals surface area contributed by atoms with Crippen LogP contribution in [0.2, 0.25) is 0 Å². The van der Waals surface area contributed by atoms with Crippen molar-refractivity contribution in [3.05, 3.63) is 17.5 Å². The normalized spacial score (nSPS) is 13.2. The lowest BCUT2D eigenvalue weighted by atomic mass is 10.1. The molecular weight excluding hydrogens is 221 g/mol. The van der Waals surface area contributed by atoms with Gasteiger partial charge < -0.3 is 5.11 Å². The van der Waals surface area contributed by atoms with Gasteiger partial charge in [-0.05, 0) is 26.3 Å². The van der Waals surface area contributed by atoms with Gasteiger partial charge in [0.15, 0.2) is 0 Å². The van der Waals surface area contributed by atoms with Gasteiger partial charge in [-0.2, -0.15) is 18.3 Å². The van der Waals surface area contributed by atoms with Crippen molar-refractivity contribution in [2.24, 2.45) is 0 Å². The molecule has 0 saturated heterocycles. The molecule has 0 aliphatic rings. The maximum Gasteiger partial charge on any atom is 0.433 e. The molecular formula is C10H15F3N2O. The summed E-state index contributed by atoms with van der Waals surface area (Å²) in [6.45, 7) is 4.44. The van der Waals surface area contributed by atoms with Crippen LogP contribution in [0, 0.1) is 0 Å². The van der Waals surface area contributed by atoms with Crippen molar-refractivity contribution in [2.45, 2.75) is 45.5 Å². The highest BCUT2D eigenvalue weighted by Crippen LogP contribution is 2.30. The molecule has 1 aromatic rings. The number of rotatable bonds is 3. The molecule has 0 atom stereocenters. The van der Waals surface area contributed by atoms with Gasteiger partial charge in [-0.1, -0.05) is 6.92 Å². The van der Waals surface area contributed by atoms with Crippen molar-refractivity contribution in [1.29, 1.82) is 0 Å². The Morgan fingerprint density at radius 3 is 2.31 bits per heavy atom. The summed E-state index contributed by atoms with van der Waals surface area (Å²) in [5.74, 6) is 0. The summed E-state index contributed by atoms with van der Waals surface area (Å²) in [7, 11) is 0. The molecule has 0 aliphatic heterocycles. The van der Waals surface area contributed by atoms with Gasteiger partial charge in [-0.3, -0.25) is 4.68 Å². The standard InChI is InChI=1S/C10H15F3N2O/c1-4-7-5-8(10(11,12)13)15(14-7)6-9(2,3)16/h5,16H,4,6H2,1-3H3. The van der Waals surface area contributed by atoms with Crippen molar-refractivity contribution in [3.63, 3.8) is 0 Å². The summed E-state index contributed by atoms with van der Waals surface area (Å²) in [5, 5.41) is 13.3. The molecule has 1 N–H and O–H groups in total. The third kappa shape index (κ3) is 3.23. The first-order chi connectivity index (χ1) is 7.13. The second kappa shape index (κ2) is 4.08. The Morgan fingerprint density at radius 2 is 1.94 bits per heavy atom. The van der Waals surface area contributed by atoms with Crippen LogP contribution in [0.1, 0.15) is 32.2 Å². The largest absolute Gasteiger partial charge is 0.433 e. The van der Waals surface area contributed by atoms with Gasteiger partial charge in [0, 0.05) is 0 Å². The van der Waals surface area contributed by atoms with Crippen molar-refractivity contribution in [3.8, 4) is 0 Å².